The van der Waals surface area contributed by atoms with Gasteiger partial charge in [0.2, 0.25) is 0 Å². The maximum Gasteiger partial charge on any atom is 0.184 e. The van der Waals surface area contributed by atoms with Crippen LogP contribution in [0.1, 0.15) is 15.9 Å². The Morgan fingerprint density at radius 2 is 2.31 bits per heavy atom. The minimum atomic E-state index is -0.0111. The number of carbonyl (C=O) groups excluding carboxylic acids is 1. The van der Waals surface area contributed by atoms with E-state index in [4.69, 9.17) is 11.6 Å². The number of hydrogen-bond acceptors (Lipinski definition) is 2. The summed E-state index contributed by atoms with van der Waals surface area (Å²) in [4.78, 5) is 15.8. The minimum Gasteiger partial charge on any atom is -0.330 e. The second-order valence-electron chi connectivity index (χ2n) is 3.64. The van der Waals surface area contributed by atoms with Crippen molar-refractivity contribution in [3.05, 3.63) is 53.1 Å². The second-order valence-corrected chi connectivity index (χ2v) is 4.05. The van der Waals surface area contributed by atoms with E-state index in [0.717, 1.165) is 5.56 Å². The Morgan fingerprint density at radius 1 is 1.50 bits per heavy atom. The van der Waals surface area contributed by atoms with Crippen molar-refractivity contribution in [2.45, 2.75) is 13.5 Å². The molecule has 0 amide bonds. The summed E-state index contributed by atoms with van der Waals surface area (Å²) in [6.07, 6.45) is 5.00. The van der Waals surface area contributed by atoms with Gasteiger partial charge >= 0.3 is 0 Å². The van der Waals surface area contributed by atoms with Gasteiger partial charge in [0.1, 0.15) is 0 Å². The first-order chi connectivity index (χ1) is 7.66. The average molecular weight is 235 g/mol. The van der Waals surface area contributed by atoms with Gasteiger partial charge in [-0.3, -0.25) is 4.79 Å². The molecule has 0 aliphatic rings. The van der Waals surface area contributed by atoms with Gasteiger partial charge in [-0.2, -0.15) is 0 Å². The molecular weight excluding hydrogens is 224 g/mol. The van der Waals surface area contributed by atoms with E-state index in [9.17, 15) is 4.79 Å². The van der Waals surface area contributed by atoms with Crippen molar-refractivity contribution < 1.29 is 4.79 Å². The van der Waals surface area contributed by atoms with Crippen molar-refractivity contribution in [3.63, 3.8) is 0 Å². The third-order valence-corrected chi connectivity index (χ3v) is 2.62. The lowest BCUT2D eigenvalue weighted by molar-refractivity contribution is 0.0972. The highest BCUT2D eigenvalue weighted by atomic mass is 35.5. The number of halogens is 1. The number of hydrogen-bond donors (Lipinski definition) is 0. The fourth-order valence-electron chi connectivity index (χ4n) is 1.48. The van der Waals surface area contributed by atoms with Crippen LogP contribution in [-0.2, 0) is 6.54 Å². The monoisotopic (exact) mass is 234 g/mol. The highest BCUT2D eigenvalue weighted by Gasteiger charge is 2.10. The molecule has 0 radical (unpaired) electrons. The summed E-state index contributed by atoms with van der Waals surface area (Å²) in [7, 11) is 0. The molecule has 0 unspecified atom stereocenters. The molecule has 0 fully saturated rings. The first-order valence-corrected chi connectivity index (χ1v) is 5.30. The normalized spacial score (nSPS) is 10.4. The van der Waals surface area contributed by atoms with Crippen molar-refractivity contribution in [2.24, 2.45) is 0 Å². The van der Waals surface area contributed by atoms with E-state index in [-0.39, 0.29) is 12.3 Å². The molecule has 82 valence electrons. The molecule has 2 aromatic rings. The molecule has 0 bridgehead atoms. The van der Waals surface area contributed by atoms with Crippen molar-refractivity contribution >= 4 is 17.4 Å². The predicted molar refractivity (Wildman–Crippen MR) is 62.7 cm³/mol. The van der Waals surface area contributed by atoms with E-state index in [2.05, 4.69) is 4.98 Å². The van der Waals surface area contributed by atoms with E-state index in [1.807, 2.05) is 13.0 Å². The van der Waals surface area contributed by atoms with Gasteiger partial charge in [-0.15, -0.1) is 0 Å². The van der Waals surface area contributed by atoms with Crippen LogP contribution in [0.3, 0.4) is 0 Å². The third kappa shape index (κ3) is 2.31. The summed E-state index contributed by atoms with van der Waals surface area (Å²) in [5, 5.41) is 0.505. The quantitative estimate of drug-likeness (QED) is 0.766. The van der Waals surface area contributed by atoms with Crippen LogP contribution in [-0.4, -0.2) is 15.3 Å². The molecular formula is C12H11ClN2O. The number of rotatable bonds is 3. The fourth-order valence-corrected chi connectivity index (χ4v) is 1.82. The smallest absolute Gasteiger partial charge is 0.184 e. The number of aryl methyl sites for hydroxylation is 1. The van der Waals surface area contributed by atoms with Gasteiger partial charge < -0.3 is 4.57 Å². The first-order valence-electron chi connectivity index (χ1n) is 4.92. The molecule has 2 rings (SSSR count). The Balaban J connectivity index is 2.21. The largest absolute Gasteiger partial charge is 0.330 e. The lowest BCUT2D eigenvalue weighted by Gasteiger charge is -2.05. The van der Waals surface area contributed by atoms with Gasteiger partial charge in [0.05, 0.1) is 17.9 Å². The van der Waals surface area contributed by atoms with Crippen molar-refractivity contribution in [3.8, 4) is 0 Å². The van der Waals surface area contributed by atoms with Crippen LogP contribution in [0, 0.1) is 6.92 Å². The van der Waals surface area contributed by atoms with Gasteiger partial charge in [-0.1, -0.05) is 17.7 Å². The van der Waals surface area contributed by atoms with Crippen molar-refractivity contribution in [1.29, 1.82) is 0 Å². The first kappa shape index (κ1) is 10.9. The third-order valence-electron chi connectivity index (χ3n) is 2.31. The van der Waals surface area contributed by atoms with E-state index in [1.165, 1.54) is 0 Å². The number of aromatic nitrogens is 2. The molecule has 0 N–H and O–H groups in total. The summed E-state index contributed by atoms with van der Waals surface area (Å²) < 4.78 is 1.72. The molecule has 1 heterocycles. The van der Waals surface area contributed by atoms with Crippen LogP contribution < -0.4 is 0 Å². The van der Waals surface area contributed by atoms with E-state index >= 15 is 0 Å². The molecule has 4 heteroatoms. The number of benzene rings is 1. The Labute approximate surface area is 98.7 Å². The maximum atomic E-state index is 11.9. The molecule has 0 atom stereocenters. The zero-order valence-electron chi connectivity index (χ0n) is 8.85. The summed E-state index contributed by atoms with van der Waals surface area (Å²) in [5.74, 6) is -0.0111. The lowest BCUT2D eigenvalue weighted by atomic mass is 10.1. The number of carbonyl (C=O) groups is 1. The molecule has 0 saturated heterocycles. The van der Waals surface area contributed by atoms with Crippen LogP contribution in [0.2, 0.25) is 5.02 Å². The van der Waals surface area contributed by atoms with Gasteiger partial charge in [0.15, 0.2) is 5.78 Å². The van der Waals surface area contributed by atoms with E-state index in [0.29, 0.717) is 10.6 Å². The molecule has 16 heavy (non-hydrogen) atoms. The number of Topliss-reactive ketones (excluding diaryl/α,β-unsaturated/α-hetero) is 1. The van der Waals surface area contributed by atoms with Crippen molar-refractivity contribution in [1.82, 2.24) is 9.55 Å². The molecule has 0 aliphatic heterocycles. The molecule has 3 nitrogen and oxygen atoms in total. The Morgan fingerprint density at radius 3 is 2.94 bits per heavy atom. The summed E-state index contributed by atoms with van der Waals surface area (Å²) in [6.45, 7) is 2.21. The Hall–Kier alpha value is -1.61. The van der Waals surface area contributed by atoms with Crippen LogP contribution in [0.15, 0.2) is 36.9 Å². The van der Waals surface area contributed by atoms with Crippen LogP contribution >= 0.6 is 11.6 Å². The zero-order valence-corrected chi connectivity index (χ0v) is 9.61. The van der Waals surface area contributed by atoms with E-state index in [1.54, 1.807) is 35.4 Å². The van der Waals surface area contributed by atoms with Crippen molar-refractivity contribution in [2.75, 3.05) is 0 Å². The Kier molecular flexibility index (Phi) is 3.06. The predicted octanol–water partition coefficient (Wildman–Crippen LogP) is 2.73. The summed E-state index contributed by atoms with van der Waals surface area (Å²) >= 11 is 6.02. The maximum absolute atomic E-state index is 11.9. The molecule has 1 aromatic carbocycles. The number of imidazole rings is 1. The molecule has 0 saturated carbocycles. The van der Waals surface area contributed by atoms with Gasteiger partial charge in [-0.05, 0) is 24.6 Å². The van der Waals surface area contributed by atoms with Gasteiger partial charge in [-0.25, -0.2) is 4.98 Å². The SMILES string of the molecule is Cc1ccc(C(=O)Cn2ccnc2)c(Cl)c1. The van der Waals surface area contributed by atoms with Crippen LogP contribution in [0.5, 0.6) is 0 Å². The number of ketones is 1. The van der Waals surface area contributed by atoms with Gasteiger partial charge in [0.25, 0.3) is 0 Å². The molecule has 0 aliphatic carbocycles. The molecule has 0 spiro atoms. The van der Waals surface area contributed by atoms with E-state index < -0.39 is 0 Å². The van der Waals surface area contributed by atoms with Crippen LogP contribution in [0.4, 0.5) is 0 Å². The highest BCUT2D eigenvalue weighted by Crippen LogP contribution is 2.18. The average Bonchev–Trinajstić information content (AvgIpc) is 2.70. The second kappa shape index (κ2) is 4.49. The topological polar surface area (TPSA) is 34.9 Å². The van der Waals surface area contributed by atoms with Gasteiger partial charge in [0, 0.05) is 18.0 Å². The van der Waals surface area contributed by atoms with Crippen LogP contribution in [0.25, 0.3) is 0 Å². The Bertz CT molecular complexity index is 506. The number of nitrogens with zero attached hydrogens (tertiary/aromatic N) is 2. The zero-order chi connectivity index (χ0) is 11.5. The summed E-state index contributed by atoms with van der Waals surface area (Å²) in [5.41, 5.74) is 1.60. The lowest BCUT2D eigenvalue weighted by Crippen LogP contribution is -2.09. The molecule has 1 aromatic heterocycles. The summed E-state index contributed by atoms with van der Waals surface area (Å²) in [6, 6.07) is 5.44. The minimum absolute atomic E-state index is 0.0111. The standard InChI is InChI=1S/C12H11ClN2O/c1-9-2-3-10(11(13)6-9)12(16)7-15-5-4-14-8-15/h2-6,8H,7H2,1H3. The highest BCUT2D eigenvalue weighted by molar-refractivity contribution is 6.34. The fraction of sp³-hybridized carbons (Fsp3) is 0.167.